The molecule has 2 aliphatic carbocycles. The number of carbonyl (C=O) groups excluding carboxylic acids is 2. The number of ether oxygens (including phenoxy) is 4. The van der Waals surface area contributed by atoms with Crippen molar-refractivity contribution >= 4 is 39.2 Å². The molecule has 1 saturated carbocycles. The second kappa shape index (κ2) is 16.2. The number of hydrogen-bond donors (Lipinski definition) is 1. The monoisotopic (exact) mass is 782 g/mol. The maximum absolute atomic E-state index is 13.8. The van der Waals surface area contributed by atoms with Crippen LogP contribution in [0, 0.1) is 11.8 Å². The molecule has 1 aliphatic heterocycles. The summed E-state index contributed by atoms with van der Waals surface area (Å²) in [4.78, 5) is 28.7. The lowest BCUT2D eigenvalue weighted by atomic mass is 9.68. The Morgan fingerprint density at radius 1 is 1.02 bits per heavy atom. The number of halogens is 1. The Labute approximate surface area is 326 Å². The number of nitrogens with zero attached hydrogens (tertiary/aromatic N) is 1. The minimum atomic E-state index is -4.32. The van der Waals surface area contributed by atoms with Crippen molar-refractivity contribution in [1.29, 1.82) is 0 Å². The largest absolute Gasteiger partial charge is 0.490 e. The highest BCUT2D eigenvalue weighted by Gasteiger charge is 2.46. The summed E-state index contributed by atoms with van der Waals surface area (Å²) in [7, 11) is -4.32. The van der Waals surface area contributed by atoms with Crippen LogP contribution in [-0.4, -0.2) is 69.5 Å². The van der Waals surface area contributed by atoms with Crippen LogP contribution in [0.1, 0.15) is 78.4 Å². The molecule has 1 heterocycles. The number of anilines is 1. The van der Waals surface area contributed by atoms with Crippen molar-refractivity contribution in [2.45, 2.75) is 113 Å². The Hall–Kier alpha value is -3.64. The molecule has 0 saturated heterocycles. The zero-order valence-corrected chi connectivity index (χ0v) is 33.9. The number of carbonyl (C=O) groups is 2. The first kappa shape index (κ1) is 41.5. The Bertz CT molecular complexity index is 1880. The first-order valence-corrected chi connectivity index (χ1v) is 20.5. The maximum Gasteiger partial charge on any atom is 0.338 e. The van der Waals surface area contributed by atoms with E-state index in [1.165, 1.54) is 37.1 Å². The molecule has 12 heteroatoms. The van der Waals surface area contributed by atoms with Gasteiger partial charge in [-0.3, -0.25) is 4.79 Å². The molecule has 1 N–H and O–H groups in total. The Kier molecular flexibility index (Phi) is 12.5. The van der Waals surface area contributed by atoms with E-state index >= 15 is 0 Å². The van der Waals surface area contributed by atoms with Gasteiger partial charge in [0.2, 0.25) is 0 Å². The summed E-state index contributed by atoms with van der Waals surface area (Å²) in [5, 5.41) is 0.680. The second-order valence-electron chi connectivity index (χ2n) is 15.9. The van der Waals surface area contributed by atoms with Gasteiger partial charge in [0.15, 0.2) is 5.60 Å². The molecular weight excluding hydrogens is 728 g/mol. The van der Waals surface area contributed by atoms with E-state index in [2.05, 4.69) is 35.4 Å². The van der Waals surface area contributed by atoms with Crippen LogP contribution in [0.4, 0.5) is 5.69 Å². The van der Waals surface area contributed by atoms with Crippen LogP contribution in [0.25, 0.3) is 0 Å². The summed E-state index contributed by atoms with van der Waals surface area (Å²) >= 11 is 6.45. The van der Waals surface area contributed by atoms with Crippen LogP contribution in [0.5, 0.6) is 5.75 Å². The predicted molar refractivity (Wildman–Crippen MR) is 211 cm³/mol. The SMILES string of the molecule is C=CC(C)OC(C)(C)C(=O)NS(=O)(=O)c1ccc2c(c1)N(C[C@@H]1CC[C@H]1[C@H](C=C)OC(=O)C(C)(C)OC(C)C=C)C[C@@]1(CCCc3cc(Cl)ccc31)CO2. The molecule has 0 aromatic heterocycles. The summed E-state index contributed by atoms with van der Waals surface area (Å²) in [5.74, 6) is -0.685. The van der Waals surface area contributed by atoms with E-state index in [-0.39, 0.29) is 22.8 Å². The molecule has 10 nitrogen and oxygen atoms in total. The second-order valence-corrected chi connectivity index (χ2v) is 18.0. The van der Waals surface area contributed by atoms with Gasteiger partial charge in [0.05, 0.1) is 29.4 Å². The fraction of sp³-hybridized carbons (Fsp3) is 0.524. The lowest BCUT2D eigenvalue weighted by Gasteiger charge is -2.46. The average molecular weight is 783 g/mol. The van der Waals surface area contributed by atoms with Crippen LogP contribution >= 0.6 is 11.6 Å². The number of amides is 1. The fourth-order valence-corrected chi connectivity index (χ4v) is 9.12. The number of nitrogens with one attached hydrogen (secondary N) is 1. The number of hydrogen-bond acceptors (Lipinski definition) is 9. The van der Waals surface area contributed by atoms with Gasteiger partial charge in [-0.2, -0.15) is 0 Å². The molecule has 3 aliphatic rings. The van der Waals surface area contributed by atoms with Gasteiger partial charge in [-0.25, -0.2) is 17.9 Å². The molecule has 1 spiro atoms. The topological polar surface area (TPSA) is 120 Å². The van der Waals surface area contributed by atoms with Gasteiger partial charge in [-0.05, 0) is 121 Å². The molecule has 6 atom stereocenters. The third-order valence-corrected chi connectivity index (χ3v) is 12.6. The quantitative estimate of drug-likeness (QED) is 0.145. The summed E-state index contributed by atoms with van der Waals surface area (Å²) in [6.45, 7) is 22.8. The van der Waals surface area contributed by atoms with Gasteiger partial charge >= 0.3 is 5.97 Å². The molecule has 1 fully saturated rings. The predicted octanol–water partition coefficient (Wildman–Crippen LogP) is 7.48. The summed E-state index contributed by atoms with van der Waals surface area (Å²) in [6.07, 6.45) is 7.88. The number of rotatable bonds is 15. The van der Waals surface area contributed by atoms with E-state index in [4.69, 9.17) is 30.5 Å². The number of benzene rings is 2. The highest BCUT2D eigenvalue weighted by Crippen LogP contribution is 2.47. The van der Waals surface area contributed by atoms with Gasteiger partial charge in [-0.15, -0.1) is 13.2 Å². The molecule has 54 heavy (non-hydrogen) atoms. The van der Waals surface area contributed by atoms with E-state index in [0.29, 0.717) is 36.2 Å². The van der Waals surface area contributed by atoms with E-state index in [1.54, 1.807) is 45.1 Å². The standard InChI is InChI=1S/C42H55ClN2O8S/c1-10-27(4)52-40(6,7)38(46)44-54(48,49)32-17-20-37-35(23-32)45(25-42(26-50-37)21-13-14-29-22-31(43)16-19-34(29)42)24-30-15-18-33(30)36(12-3)51-39(47)41(8,9)53-28(5)11-2/h10-12,16-17,19-20,22-23,27-28,30,33,36H,1-3,13-15,18,21,24-26H2,4-9H3,(H,44,46)/t27?,28?,30-,33+,36-,42-/m0/s1. The molecule has 5 rings (SSSR count). The number of aryl methyl sites for hydroxylation is 1. The van der Waals surface area contributed by atoms with E-state index in [0.717, 1.165) is 32.1 Å². The molecule has 0 radical (unpaired) electrons. The van der Waals surface area contributed by atoms with Crippen LogP contribution < -0.4 is 14.4 Å². The van der Waals surface area contributed by atoms with Gasteiger partial charge < -0.3 is 23.8 Å². The first-order chi connectivity index (χ1) is 25.3. The van der Waals surface area contributed by atoms with E-state index in [9.17, 15) is 18.0 Å². The van der Waals surface area contributed by atoms with E-state index < -0.39 is 50.7 Å². The minimum absolute atomic E-state index is 0.0218. The third kappa shape index (κ3) is 8.91. The molecule has 1 amide bonds. The Balaban J connectivity index is 1.47. The number of fused-ring (bicyclic) bond motifs is 3. The number of esters is 1. The highest BCUT2D eigenvalue weighted by molar-refractivity contribution is 7.90. The van der Waals surface area contributed by atoms with Gasteiger partial charge in [-0.1, -0.05) is 42.5 Å². The summed E-state index contributed by atoms with van der Waals surface area (Å²) < 4.78 is 54.1. The zero-order valence-electron chi connectivity index (χ0n) is 32.4. The summed E-state index contributed by atoms with van der Waals surface area (Å²) in [6, 6.07) is 10.7. The first-order valence-electron chi connectivity index (χ1n) is 18.7. The van der Waals surface area contributed by atoms with Crippen molar-refractivity contribution in [3.63, 3.8) is 0 Å². The smallest absolute Gasteiger partial charge is 0.338 e. The van der Waals surface area contributed by atoms with Crippen LogP contribution in [0.15, 0.2) is 79.3 Å². The van der Waals surface area contributed by atoms with Crippen molar-refractivity contribution in [2.24, 2.45) is 11.8 Å². The van der Waals surface area contributed by atoms with Crippen molar-refractivity contribution in [1.82, 2.24) is 4.72 Å². The molecular formula is C42H55ClN2O8S. The van der Waals surface area contributed by atoms with Crippen LogP contribution in [0.3, 0.4) is 0 Å². The van der Waals surface area contributed by atoms with Gasteiger partial charge in [0.1, 0.15) is 17.5 Å². The third-order valence-electron chi connectivity index (χ3n) is 11.0. The number of sulfonamides is 1. The Morgan fingerprint density at radius 3 is 2.33 bits per heavy atom. The van der Waals surface area contributed by atoms with Gasteiger partial charge in [0, 0.05) is 29.4 Å². The normalized spacial score (nSPS) is 22.9. The highest BCUT2D eigenvalue weighted by atomic mass is 35.5. The van der Waals surface area contributed by atoms with Crippen molar-refractivity contribution in [3.8, 4) is 5.75 Å². The molecule has 2 unspecified atom stereocenters. The summed E-state index contributed by atoms with van der Waals surface area (Å²) in [5.41, 5.74) is -0.0840. The van der Waals surface area contributed by atoms with Crippen molar-refractivity contribution in [2.75, 3.05) is 24.6 Å². The molecule has 294 valence electrons. The fourth-order valence-electron chi connectivity index (χ4n) is 7.81. The maximum atomic E-state index is 13.8. The van der Waals surface area contributed by atoms with E-state index in [1.807, 2.05) is 19.1 Å². The molecule has 0 bridgehead atoms. The molecule has 2 aromatic rings. The van der Waals surface area contributed by atoms with Gasteiger partial charge in [0.25, 0.3) is 15.9 Å². The van der Waals surface area contributed by atoms with Crippen LogP contribution in [-0.2, 0) is 45.7 Å². The average Bonchev–Trinajstić information content (AvgIpc) is 3.25. The van der Waals surface area contributed by atoms with Crippen molar-refractivity contribution in [3.05, 3.63) is 90.5 Å². The lowest BCUT2D eigenvalue weighted by Crippen LogP contribution is -2.50. The van der Waals surface area contributed by atoms with Crippen molar-refractivity contribution < 1.29 is 37.0 Å². The lowest BCUT2D eigenvalue weighted by molar-refractivity contribution is -0.179. The molecule has 2 aromatic carbocycles. The zero-order chi connectivity index (χ0) is 39.6. The minimum Gasteiger partial charge on any atom is -0.490 e. The Morgan fingerprint density at radius 2 is 1.70 bits per heavy atom. The van der Waals surface area contributed by atoms with Crippen LogP contribution in [0.2, 0.25) is 5.02 Å².